The molecule has 0 aromatic heterocycles. The van der Waals surface area contributed by atoms with Crippen LogP contribution in [-0.4, -0.2) is 23.8 Å². The number of piperidine rings is 1. The second-order valence-electron chi connectivity index (χ2n) is 4.54. The van der Waals surface area contributed by atoms with Crippen LogP contribution in [0.4, 0.5) is 0 Å². The van der Waals surface area contributed by atoms with Gasteiger partial charge in [-0.25, -0.2) is 0 Å². The van der Waals surface area contributed by atoms with E-state index < -0.39 is 6.10 Å². The first-order valence-electron chi connectivity index (χ1n) is 6.03. The van der Waals surface area contributed by atoms with Gasteiger partial charge in [0.1, 0.15) is 0 Å². The summed E-state index contributed by atoms with van der Waals surface area (Å²) in [6.07, 6.45) is 3.56. The molecule has 2 rings (SSSR count). The maximum absolute atomic E-state index is 10.2. The third-order valence-electron chi connectivity index (χ3n) is 3.27. The Morgan fingerprint density at radius 3 is 2.88 bits per heavy atom. The Morgan fingerprint density at radius 2 is 2.18 bits per heavy atom. The van der Waals surface area contributed by atoms with Gasteiger partial charge < -0.3 is 10.4 Å². The Morgan fingerprint density at radius 1 is 1.35 bits per heavy atom. The molecule has 0 spiro atoms. The van der Waals surface area contributed by atoms with Gasteiger partial charge in [0, 0.05) is 12.5 Å². The average molecular weight is 274 g/mol. The van der Waals surface area contributed by atoms with Gasteiger partial charge in [-0.3, -0.25) is 0 Å². The van der Waals surface area contributed by atoms with Crippen LogP contribution < -0.4 is 5.32 Å². The maximum Gasteiger partial charge on any atom is 0.0733 e. The van der Waals surface area contributed by atoms with Crippen molar-refractivity contribution in [2.24, 2.45) is 0 Å². The number of rotatable bonds is 3. The van der Waals surface area contributed by atoms with Crippen molar-refractivity contribution < 1.29 is 5.11 Å². The lowest BCUT2D eigenvalue weighted by atomic mass is 9.95. The van der Waals surface area contributed by atoms with E-state index in [1.54, 1.807) is 6.07 Å². The first-order chi connectivity index (χ1) is 8.18. The zero-order valence-corrected chi connectivity index (χ0v) is 11.1. The summed E-state index contributed by atoms with van der Waals surface area (Å²) >= 11 is 12.1. The van der Waals surface area contributed by atoms with Gasteiger partial charge >= 0.3 is 0 Å². The van der Waals surface area contributed by atoms with Crippen LogP contribution in [-0.2, 0) is 6.42 Å². The molecule has 1 saturated heterocycles. The standard InChI is InChI=1S/C13H17Cl2NO/c14-10-5-3-4-9(13(10)15)8-12(17)11-6-1-2-7-16-11/h3-5,11-12,16-17H,1-2,6-8H2. The number of aliphatic hydroxyl groups excluding tert-OH is 1. The van der Waals surface area contributed by atoms with Crippen molar-refractivity contribution in [3.05, 3.63) is 33.8 Å². The molecule has 0 bridgehead atoms. The Kier molecular flexibility index (Phi) is 4.69. The van der Waals surface area contributed by atoms with Crippen LogP contribution in [0.2, 0.25) is 10.0 Å². The molecule has 1 aromatic carbocycles. The molecule has 0 radical (unpaired) electrons. The molecule has 2 nitrogen and oxygen atoms in total. The summed E-state index contributed by atoms with van der Waals surface area (Å²) in [4.78, 5) is 0. The highest BCUT2D eigenvalue weighted by Gasteiger charge is 2.22. The molecular formula is C13H17Cl2NO. The average Bonchev–Trinajstić information content (AvgIpc) is 2.36. The highest BCUT2D eigenvalue weighted by atomic mass is 35.5. The van der Waals surface area contributed by atoms with Gasteiger partial charge in [0.2, 0.25) is 0 Å². The summed E-state index contributed by atoms with van der Waals surface area (Å²) in [5, 5.41) is 14.6. The second kappa shape index (κ2) is 6.05. The SMILES string of the molecule is OC(Cc1cccc(Cl)c1Cl)C1CCCCN1. The van der Waals surface area contributed by atoms with E-state index >= 15 is 0 Å². The summed E-state index contributed by atoms with van der Waals surface area (Å²) in [6.45, 7) is 0.991. The van der Waals surface area contributed by atoms with Crippen LogP contribution in [0.5, 0.6) is 0 Å². The number of hydrogen-bond acceptors (Lipinski definition) is 2. The summed E-state index contributed by atoms with van der Waals surface area (Å²) < 4.78 is 0. The fourth-order valence-corrected chi connectivity index (χ4v) is 2.68. The Bertz CT molecular complexity index is 378. The predicted molar refractivity (Wildman–Crippen MR) is 71.8 cm³/mol. The normalized spacial score (nSPS) is 22.4. The summed E-state index contributed by atoms with van der Waals surface area (Å²) in [7, 11) is 0. The minimum absolute atomic E-state index is 0.179. The molecule has 1 aliphatic rings. The zero-order valence-electron chi connectivity index (χ0n) is 9.63. The van der Waals surface area contributed by atoms with E-state index in [0.29, 0.717) is 16.5 Å². The number of nitrogens with one attached hydrogen (secondary N) is 1. The summed E-state index contributed by atoms with van der Waals surface area (Å²) in [5.74, 6) is 0. The van der Waals surface area contributed by atoms with Crippen LogP contribution >= 0.6 is 23.2 Å². The van der Waals surface area contributed by atoms with Crippen molar-refractivity contribution in [2.75, 3.05) is 6.54 Å². The van der Waals surface area contributed by atoms with Crippen molar-refractivity contribution >= 4 is 23.2 Å². The summed E-state index contributed by atoms with van der Waals surface area (Å²) in [5.41, 5.74) is 0.916. The molecule has 2 unspecified atom stereocenters. The fourth-order valence-electron chi connectivity index (χ4n) is 2.28. The Labute approximate surface area is 112 Å². The number of halogens is 2. The van der Waals surface area contributed by atoms with Gasteiger partial charge in [0.25, 0.3) is 0 Å². The van der Waals surface area contributed by atoms with E-state index in [0.717, 1.165) is 18.5 Å². The first-order valence-corrected chi connectivity index (χ1v) is 6.78. The minimum Gasteiger partial charge on any atom is -0.391 e. The van der Waals surface area contributed by atoms with E-state index in [9.17, 15) is 5.11 Å². The highest BCUT2D eigenvalue weighted by molar-refractivity contribution is 6.42. The molecule has 1 aromatic rings. The molecule has 1 fully saturated rings. The van der Waals surface area contributed by atoms with Crippen molar-refractivity contribution in [1.29, 1.82) is 0 Å². The van der Waals surface area contributed by atoms with E-state index in [1.807, 2.05) is 12.1 Å². The molecule has 0 amide bonds. The highest BCUT2D eigenvalue weighted by Crippen LogP contribution is 2.27. The van der Waals surface area contributed by atoms with Gasteiger partial charge in [-0.15, -0.1) is 0 Å². The van der Waals surface area contributed by atoms with Gasteiger partial charge in [0.05, 0.1) is 16.1 Å². The lowest BCUT2D eigenvalue weighted by Gasteiger charge is -2.28. The van der Waals surface area contributed by atoms with Crippen LogP contribution in [0.1, 0.15) is 24.8 Å². The topological polar surface area (TPSA) is 32.3 Å². The molecule has 17 heavy (non-hydrogen) atoms. The zero-order chi connectivity index (χ0) is 12.3. The molecule has 94 valence electrons. The van der Waals surface area contributed by atoms with Crippen molar-refractivity contribution in [3.8, 4) is 0 Å². The van der Waals surface area contributed by atoms with Crippen LogP contribution in [0.15, 0.2) is 18.2 Å². The van der Waals surface area contributed by atoms with E-state index in [4.69, 9.17) is 23.2 Å². The third kappa shape index (κ3) is 3.35. The molecule has 2 atom stereocenters. The maximum atomic E-state index is 10.2. The summed E-state index contributed by atoms with van der Waals surface area (Å²) in [6, 6.07) is 5.72. The van der Waals surface area contributed by atoms with Crippen LogP contribution in [0.3, 0.4) is 0 Å². The molecular weight excluding hydrogens is 257 g/mol. The lowest BCUT2D eigenvalue weighted by Crippen LogP contribution is -2.44. The Balaban J connectivity index is 2.01. The largest absolute Gasteiger partial charge is 0.391 e. The fraction of sp³-hybridized carbons (Fsp3) is 0.538. The Hall–Kier alpha value is -0.280. The molecule has 0 aliphatic carbocycles. The van der Waals surface area contributed by atoms with Gasteiger partial charge in [0.15, 0.2) is 0 Å². The van der Waals surface area contributed by atoms with Gasteiger partial charge in [-0.2, -0.15) is 0 Å². The molecule has 0 saturated carbocycles. The second-order valence-corrected chi connectivity index (χ2v) is 5.33. The van der Waals surface area contributed by atoms with Crippen molar-refractivity contribution in [1.82, 2.24) is 5.32 Å². The third-order valence-corrected chi connectivity index (χ3v) is 4.13. The molecule has 4 heteroatoms. The van der Waals surface area contributed by atoms with E-state index in [1.165, 1.54) is 12.8 Å². The van der Waals surface area contributed by atoms with Crippen LogP contribution in [0.25, 0.3) is 0 Å². The number of benzene rings is 1. The monoisotopic (exact) mass is 273 g/mol. The minimum atomic E-state index is -0.397. The molecule has 2 N–H and O–H groups in total. The predicted octanol–water partition coefficient (Wildman–Crippen LogP) is 3.04. The number of aliphatic hydroxyl groups is 1. The van der Waals surface area contributed by atoms with Crippen LogP contribution in [0, 0.1) is 0 Å². The first kappa shape index (κ1) is 13.2. The molecule has 1 heterocycles. The quantitative estimate of drug-likeness (QED) is 0.888. The van der Waals surface area contributed by atoms with E-state index in [-0.39, 0.29) is 6.04 Å². The van der Waals surface area contributed by atoms with Crippen molar-refractivity contribution in [3.63, 3.8) is 0 Å². The lowest BCUT2D eigenvalue weighted by molar-refractivity contribution is 0.113. The van der Waals surface area contributed by atoms with Crippen molar-refractivity contribution in [2.45, 2.75) is 37.8 Å². The smallest absolute Gasteiger partial charge is 0.0733 e. The molecule has 1 aliphatic heterocycles. The van der Waals surface area contributed by atoms with Gasteiger partial charge in [-0.1, -0.05) is 41.8 Å². The van der Waals surface area contributed by atoms with E-state index in [2.05, 4.69) is 5.32 Å². The number of hydrogen-bond donors (Lipinski definition) is 2. The van der Waals surface area contributed by atoms with Gasteiger partial charge in [-0.05, 0) is 31.0 Å².